The van der Waals surface area contributed by atoms with Crippen LogP contribution in [-0.2, 0) is 29.2 Å². The second-order valence-electron chi connectivity index (χ2n) is 13.9. The van der Waals surface area contributed by atoms with Crippen molar-refractivity contribution in [2.24, 2.45) is 0 Å². The summed E-state index contributed by atoms with van der Waals surface area (Å²) >= 11 is 0. The Morgan fingerprint density at radius 3 is 1.95 bits per heavy atom. The maximum Gasteiger partial charge on any atom is 0.257 e. The van der Waals surface area contributed by atoms with Gasteiger partial charge in [-0.3, -0.25) is 14.6 Å². The molecule has 0 spiro atoms. The van der Waals surface area contributed by atoms with E-state index in [0.29, 0.717) is 12.0 Å². The third-order valence-corrected chi connectivity index (χ3v) is 10.1. The maximum absolute atomic E-state index is 14.2. The van der Waals surface area contributed by atoms with Gasteiger partial charge >= 0.3 is 0 Å². The molecule has 2 aliphatic heterocycles. The Morgan fingerprint density at radius 2 is 1.27 bits per heavy atom. The SMILES string of the molecule is O=C(NCc1cccc(-c2ccc([C@@H]3O[C@H](CN4CCN(Cc5ccccc5)CC4)C[C@H](c4ccc(CO)cc4)O3)cc2)c1)c1c(F)c(F)c(F)c(F)c1F. The molecule has 0 aromatic heterocycles. The lowest BCUT2D eigenvalue weighted by molar-refractivity contribution is -0.253. The molecule has 12 heteroatoms. The highest BCUT2D eigenvalue weighted by Crippen LogP contribution is 2.39. The number of carbonyl (C=O) groups is 1. The molecule has 5 aromatic carbocycles. The number of carbonyl (C=O) groups excluding carboxylic acids is 1. The zero-order valence-corrected chi connectivity index (χ0v) is 29.9. The van der Waals surface area contributed by atoms with Crippen molar-refractivity contribution in [1.29, 1.82) is 0 Å². The summed E-state index contributed by atoms with van der Waals surface area (Å²) < 4.78 is 82.2. The first-order valence-electron chi connectivity index (χ1n) is 18.1. The molecule has 0 radical (unpaired) electrons. The lowest BCUT2D eigenvalue weighted by Gasteiger charge is -2.40. The van der Waals surface area contributed by atoms with Gasteiger partial charge in [-0.1, -0.05) is 97.1 Å². The number of aliphatic hydroxyl groups is 1. The zero-order valence-electron chi connectivity index (χ0n) is 29.9. The Hall–Kier alpha value is -4.98. The Balaban J connectivity index is 1.02. The van der Waals surface area contributed by atoms with Crippen LogP contribution in [0.25, 0.3) is 11.1 Å². The average Bonchev–Trinajstić information content (AvgIpc) is 3.22. The quantitative estimate of drug-likeness (QED) is 0.0814. The average molecular weight is 758 g/mol. The molecule has 0 saturated carbocycles. The Kier molecular flexibility index (Phi) is 12.0. The van der Waals surface area contributed by atoms with Gasteiger partial charge in [0.05, 0.1) is 18.8 Å². The van der Waals surface area contributed by atoms with E-state index in [0.717, 1.165) is 67.1 Å². The maximum atomic E-state index is 14.2. The fraction of sp³-hybridized carbons (Fsp3) is 0.279. The van der Waals surface area contributed by atoms with Crippen LogP contribution >= 0.6 is 0 Å². The lowest BCUT2D eigenvalue weighted by Crippen LogP contribution is -2.49. The Morgan fingerprint density at radius 1 is 0.655 bits per heavy atom. The molecule has 0 bridgehead atoms. The fourth-order valence-electron chi connectivity index (χ4n) is 7.06. The van der Waals surface area contributed by atoms with Gasteiger partial charge in [-0.2, -0.15) is 0 Å². The number of amides is 1. The fourth-order valence-corrected chi connectivity index (χ4v) is 7.06. The van der Waals surface area contributed by atoms with Gasteiger partial charge in [-0.15, -0.1) is 0 Å². The number of hydrogen-bond acceptors (Lipinski definition) is 6. The van der Waals surface area contributed by atoms with E-state index in [2.05, 4.69) is 39.4 Å². The van der Waals surface area contributed by atoms with E-state index in [1.54, 1.807) is 18.2 Å². The number of benzene rings is 5. The molecule has 7 nitrogen and oxygen atoms in total. The predicted octanol–water partition coefficient (Wildman–Crippen LogP) is 7.83. The highest BCUT2D eigenvalue weighted by Gasteiger charge is 2.34. The van der Waals surface area contributed by atoms with E-state index in [-0.39, 0.29) is 25.4 Å². The number of ether oxygens (including phenoxy) is 2. The minimum atomic E-state index is -2.33. The van der Waals surface area contributed by atoms with Gasteiger partial charge in [0.2, 0.25) is 5.82 Å². The van der Waals surface area contributed by atoms with Crippen molar-refractivity contribution < 1.29 is 41.3 Å². The van der Waals surface area contributed by atoms with Crippen LogP contribution < -0.4 is 5.32 Å². The van der Waals surface area contributed by atoms with Crippen LogP contribution in [0.3, 0.4) is 0 Å². The van der Waals surface area contributed by atoms with Crippen LogP contribution in [0.15, 0.2) is 103 Å². The standard InChI is InChI=1S/C43H40F5N3O4/c44-37-36(38(45)40(47)41(48)39(37)46)42(53)49-23-29-7-4-8-33(21-29)30-13-15-32(16-14-30)43-54-34(22-35(55-43)31-11-9-28(26-52)10-12-31)25-51-19-17-50(18-20-51)24-27-5-2-1-3-6-27/h1-16,21,34-35,43,52H,17-20,22-26H2,(H,49,53)/t34-,35+,43+/m0/s1. The summed E-state index contributed by atoms with van der Waals surface area (Å²) in [5.74, 6) is -12.5. The summed E-state index contributed by atoms with van der Waals surface area (Å²) in [7, 11) is 0. The molecule has 2 heterocycles. The minimum Gasteiger partial charge on any atom is -0.392 e. The van der Waals surface area contributed by atoms with E-state index < -0.39 is 46.8 Å². The molecule has 1 amide bonds. The van der Waals surface area contributed by atoms with E-state index in [1.807, 2.05) is 60.7 Å². The molecule has 286 valence electrons. The molecule has 2 aliphatic rings. The third-order valence-electron chi connectivity index (χ3n) is 10.1. The number of nitrogens with one attached hydrogen (secondary N) is 1. The largest absolute Gasteiger partial charge is 0.392 e. The van der Waals surface area contributed by atoms with Crippen molar-refractivity contribution in [2.75, 3.05) is 32.7 Å². The van der Waals surface area contributed by atoms with Crippen LogP contribution in [0.1, 0.15) is 57.0 Å². The van der Waals surface area contributed by atoms with Gasteiger partial charge in [0.25, 0.3) is 5.91 Å². The molecule has 2 saturated heterocycles. The van der Waals surface area contributed by atoms with Crippen molar-refractivity contribution in [2.45, 2.75) is 44.6 Å². The molecule has 55 heavy (non-hydrogen) atoms. The summed E-state index contributed by atoms with van der Waals surface area (Å²) in [6, 6.07) is 32.9. The topological polar surface area (TPSA) is 74.3 Å². The molecule has 0 aliphatic carbocycles. The highest BCUT2D eigenvalue weighted by atomic mass is 19.2. The zero-order chi connectivity index (χ0) is 38.5. The van der Waals surface area contributed by atoms with Crippen LogP contribution in [0, 0.1) is 29.1 Å². The smallest absolute Gasteiger partial charge is 0.257 e. The Labute approximate surface area is 315 Å². The van der Waals surface area contributed by atoms with Crippen molar-refractivity contribution in [1.82, 2.24) is 15.1 Å². The second kappa shape index (κ2) is 17.2. The van der Waals surface area contributed by atoms with E-state index in [4.69, 9.17) is 9.47 Å². The second-order valence-corrected chi connectivity index (χ2v) is 13.9. The van der Waals surface area contributed by atoms with Crippen molar-refractivity contribution in [3.05, 3.63) is 166 Å². The molecule has 7 rings (SSSR count). The Bertz CT molecular complexity index is 2070. The summed E-state index contributed by atoms with van der Waals surface area (Å²) in [4.78, 5) is 17.4. The van der Waals surface area contributed by atoms with Crippen LogP contribution in [0.4, 0.5) is 22.0 Å². The number of hydrogen-bond donors (Lipinski definition) is 2. The lowest BCUT2D eigenvalue weighted by atomic mass is 9.98. The number of aliphatic hydroxyl groups excluding tert-OH is 1. The van der Waals surface area contributed by atoms with Crippen molar-refractivity contribution in [3.63, 3.8) is 0 Å². The molecule has 0 unspecified atom stereocenters. The van der Waals surface area contributed by atoms with Gasteiger partial charge in [0.15, 0.2) is 29.6 Å². The molecular weight excluding hydrogens is 717 g/mol. The summed E-state index contributed by atoms with van der Waals surface area (Å²) in [5, 5.41) is 11.8. The number of halogens is 5. The van der Waals surface area contributed by atoms with E-state index >= 15 is 0 Å². The third kappa shape index (κ3) is 8.95. The molecule has 2 N–H and O–H groups in total. The van der Waals surface area contributed by atoms with Gasteiger partial charge in [-0.25, -0.2) is 22.0 Å². The first-order valence-corrected chi connectivity index (χ1v) is 18.1. The molecule has 2 fully saturated rings. The van der Waals surface area contributed by atoms with Gasteiger partial charge in [0, 0.05) is 57.8 Å². The van der Waals surface area contributed by atoms with E-state index in [9.17, 15) is 31.9 Å². The molecule has 5 aromatic rings. The number of nitrogens with zero attached hydrogens (tertiary/aromatic N) is 2. The highest BCUT2D eigenvalue weighted by molar-refractivity contribution is 5.94. The summed E-state index contributed by atoms with van der Waals surface area (Å²) in [6.07, 6.45) is -0.297. The van der Waals surface area contributed by atoms with Crippen molar-refractivity contribution >= 4 is 5.91 Å². The monoisotopic (exact) mass is 757 g/mol. The number of rotatable bonds is 11. The first kappa shape index (κ1) is 38.3. The van der Waals surface area contributed by atoms with Crippen LogP contribution in [-0.4, -0.2) is 59.6 Å². The van der Waals surface area contributed by atoms with Crippen LogP contribution in [0.5, 0.6) is 0 Å². The minimum absolute atomic E-state index is 0.0429. The van der Waals surface area contributed by atoms with Crippen LogP contribution in [0.2, 0.25) is 0 Å². The van der Waals surface area contributed by atoms with Gasteiger partial charge in [0.1, 0.15) is 5.56 Å². The molecular formula is C43H40F5N3O4. The number of piperazine rings is 1. The normalized spacial score (nSPS) is 19.3. The van der Waals surface area contributed by atoms with Crippen molar-refractivity contribution in [3.8, 4) is 11.1 Å². The first-order chi connectivity index (χ1) is 26.7. The van der Waals surface area contributed by atoms with E-state index in [1.165, 1.54) is 5.56 Å². The predicted molar refractivity (Wildman–Crippen MR) is 196 cm³/mol. The summed E-state index contributed by atoms with van der Waals surface area (Å²) in [6.45, 7) is 5.22. The summed E-state index contributed by atoms with van der Waals surface area (Å²) in [5.41, 5.74) is 4.55. The van der Waals surface area contributed by atoms with Gasteiger partial charge < -0.3 is 19.9 Å². The molecule has 3 atom stereocenters. The van der Waals surface area contributed by atoms with Gasteiger partial charge in [-0.05, 0) is 39.4 Å².